The van der Waals surface area contributed by atoms with Crippen LogP contribution in [0, 0.1) is 0 Å². The van der Waals surface area contributed by atoms with Gasteiger partial charge >= 0.3 is 0 Å². The predicted octanol–water partition coefficient (Wildman–Crippen LogP) is 4.13. The molecular formula is C20H20N2O. The lowest BCUT2D eigenvalue weighted by molar-refractivity contribution is -0.120. The molecule has 3 nitrogen and oxygen atoms in total. The highest BCUT2D eigenvalue weighted by atomic mass is 16.1. The highest BCUT2D eigenvalue weighted by molar-refractivity contribution is 5.87. The Morgan fingerprint density at radius 2 is 1.61 bits per heavy atom. The minimum Gasteiger partial charge on any atom is -0.376 e. The fraction of sp³-hybridized carbons (Fsp3) is 0.150. The van der Waals surface area contributed by atoms with Crippen molar-refractivity contribution < 1.29 is 4.79 Å². The second-order valence-electron chi connectivity index (χ2n) is 5.62. The van der Waals surface area contributed by atoms with Gasteiger partial charge in [0, 0.05) is 5.69 Å². The molecule has 0 saturated carbocycles. The fourth-order valence-electron chi connectivity index (χ4n) is 2.60. The highest BCUT2D eigenvalue weighted by Gasteiger charge is 2.08. The Hall–Kier alpha value is -2.81. The first-order valence-corrected chi connectivity index (χ1v) is 7.79. The normalized spacial score (nSPS) is 11.9. The molecule has 116 valence electrons. The molecule has 0 heterocycles. The van der Waals surface area contributed by atoms with E-state index in [0.29, 0.717) is 0 Å². The van der Waals surface area contributed by atoms with E-state index in [-0.39, 0.29) is 18.5 Å². The van der Waals surface area contributed by atoms with E-state index in [9.17, 15) is 4.79 Å². The first-order valence-electron chi connectivity index (χ1n) is 7.79. The summed E-state index contributed by atoms with van der Waals surface area (Å²) in [6, 6.07) is 24.3. The third kappa shape index (κ3) is 3.89. The van der Waals surface area contributed by atoms with Crippen LogP contribution in [-0.4, -0.2) is 12.5 Å². The third-order valence-corrected chi connectivity index (χ3v) is 3.88. The molecule has 0 aliphatic heterocycles. The molecule has 3 heteroatoms. The molecule has 3 rings (SSSR count). The molecule has 1 amide bonds. The molecule has 0 fully saturated rings. The SMILES string of the molecule is C[C@H](NC(=O)CNc1ccc2ccccc2c1)c1ccccc1. The van der Waals surface area contributed by atoms with E-state index < -0.39 is 0 Å². The van der Waals surface area contributed by atoms with Crippen LogP contribution in [0.25, 0.3) is 10.8 Å². The maximum Gasteiger partial charge on any atom is 0.239 e. The quantitative estimate of drug-likeness (QED) is 0.744. The van der Waals surface area contributed by atoms with Crippen molar-refractivity contribution in [3.05, 3.63) is 78.4 Å². The summed E-state index contributed by atoms with van der Waals surface area (Å²) in [6.45, 7) is 2.25. The largest absolute Gasteiger partial charge is 0.376 e. The number of amides is 1. The minimum absolute atomic E-state index is 0.00195. The second kappa shape index (κ2) is 6.97. The summed E-state index contributed by atoms with van der Waals surface area (Å²) < 4.78 is 0. The van der Waals surface area contributed by atoms with E-state index in [4.69, 9.17) is 0 Å². The molecule has 0 aliphatic carbocycles. The number of benzene rings is 3. The molecule has 0 aliphatic rings. The van der Waals surface area contributed by atoms with Gasteiger partial charge in [0.05, 0.1) is 12.6 Å². The highest BCUT2D eigenvalue weighted by Crippen LogP contribution is 2.18. The van der Waals surface area contributed by atoms with Crippen LogP contribution in [0.15, 0.2) is 72.8 Å². The summed E-state index contributed by atoms with van der Waals surface area (Å²) in [5.41, 5.74) is 2.05. The van der Waals surface area contributed by atoms with Gasteiger partial charge in [0.2, 0.25) is 5.91 Å². The van der Waals surface area contributed by atoms with Crippen molar-refractivity contribution in [3.8, 4) is 0 Å². The Bertz CT molecular complexity index is 799. The molecule has 0 spiro atoms. The van der Waals surface area contributed by atoms with E-state index >= 15 is 0 Å². The van der Waals surface area contributed by atoms with Crippen LogP contribution in [0.3, 0.4) is 0 Å². The van der Waals surface area contributed by atoms with Crippen LogP contribution < -0.4 is 10.6 Å². The first-order chi connectivity index (χ1) is 11.2. The number of hydrogen-bond acceptors (Lipinski definition) is 2. The number of fused-ring (bicyclic) bond motifs is 1. The van der Waals surface area contributed by atoms with Crippen molar-refractivity contribution in [1.29, 1.82) is 0 Å². The molecule has 0 bridgehead atoms. The van der Waals surface area contributed by atoms with Gasteiger partial charge in [-0.15, -0.1) is 0 Å². The maximum absolute atomic E-state index is 12.1. The molecular weight excluding hydrogens is 284 g/mol. The Morgan fingerprint density at radius 3 is 2.39 bits per heavy atom. The number of nitrogens with one attached hydrogen (secondary N) is 2. The first kappa shape index (κ1) is 15.1. The van der Waals surface area contributed by atoms with Crippen LogP contribution in [-0.2, 0) is 4.79 Å². The summed E-state index contributed by atoms with van der Waals surface area (Å²) >= 11 is 0. The summed E-state index contributed by atoms with van der Waals surface area (Å²) in [6.07, 6.45) is 0. The van der Waals surface area contributed by atoms with Crippen molar-refractivity contribution in [2.45, 2.75) is 13.0 Å². The number of carbonyl (C=O) groups excluding carboxylic acids is 1. The summed E-state index contributed by atoms with van der Waals surface area (Å²) in [7, 11) is 0. The number of rotatable bonds is 5. The molecule has 0 unspecified atom stereocenters. The molecule has 3 aromatic rings. The standard InChI is InChI=1S/C20H20N2O/c1-15(16-7-3-2-4-8-16)22-20(23)14-21-19-12-11-17-9-5-6-10-18(17)13-19/h2-13,15,21H,14H2,1H3,(H,22,23)/t15-/m0/s1. The zero-order chi connectivity index (χ0) is 16.1. The zero-order valence-corrected chi connectivity index (χ0v) is 13.1. The number of carbonyl (C=O) groups is 1. The van der Waals surface area contributed by atoms with Gasteiger partial charge in [-0.2, -0.15) is 0 Å². The lowest BCUT2D eigenvalue weighted by atomic mass is 10.1. The molecule has 0 aromatic heterocycles. The molecule has 3 aromatic carbocycles. The van der Waals surface area contributed by atoms with Crippen molar-refractivity contribution in [2.24, 2.45) is 0 Å². The molecule has 0 radical (unpaired) electrons. The van der Waals surface area contributed by atoms with Crippen molar-refractivity contribution in [3.63, 3.8) is 0 Å². The monoisotopic (exact) mass is 304 g/mol. The van der Waals surface area contributed by atoms with Crippen LogP contribution in [0.1, 0.15) is 18.5 Å². The van der Waals surface area contributed by atoms with Gasteiger partial charge in [0.25, 0.3) is 0 Å². The summed E-state index contributed by atoms with van der Waals surface area (Å²) in [5.74, 6) is -0.0190. The van der Waals surface area contributed by atoms with E-state index in [2.05, 4.69) is 34.9 Å². The zero-order valence-electron chi connectivity index (χ0n) is 13.1. The van der Waals surface area contributed by atoms with Gasteiger partial charge in [0.1, 0.15) is 0 Å². The van der Waals surface area contributed by atoms with Crippen LogP contribution in [0.5, 0.6) is 0 Å². The fourth-order valence-corrected chi connectivity index (χ4v) is 2.60. The molecule has 0 saturated heterocycles. The van der Waals surface area contributed by atoms with Gasteiger partial charge in [-0.1, -0.05) is 60.7 Å². The molecule has 23 heavy (non-hydrogen) atoms. The van der Waals surface area contributed by atoms with E-state index in [1.165, 1.54) is 5.39 Å². The molecule has 2 N–H and O–H groups in total. The smallest absolute Gasteiger partial charge is 0.239 e. The number of anilines is 1. The van der Waals surface area contributed by atoms with Gasteiger partial charge in [-0.3, -0.25) is 4.79 Å². The van der Waals surface area contributed by atoms with Gasteiger partial charge in [0.15, 0.2) is 0 Å². The van der Waals surface area contributed by atoms with E-state index in [1.54, 1.807) is 0 Å². The van der Waals surface area contributed by atoms with Gasteiger partial charge in [-0.05, 0) is 35.4 Å². The van der Waals surface area contributed by atoms with Crippen LogP contribution in [0.2, 0.25) is 0 Å². The Kier molecular flexibility index (Phi) is 4.57. The predicted molar refractivity (Wildman–Crippen MR) is 95.4 cm³/mol. The Morgan fingerprint density at radius 1 is 0.913 bits per heavy atom. The molecule has 1 atom stereocenters. The van der Waals surface area contributed by atoms with Crippen molar-refractivity contribution >= 4 is 22.4 Å². The van der Waals surface area contributed by atoms with Crippen LogP contribution in [0.4, 0.5) is 5.69 Å². The Labute approximate surface area is 136 Å². The van der Waals surface area contributed by atoms with Gasteiger partial charge < -0.3 is 10.6 Å². The van der Waals surface area contributed by atoms with E-state index in [1.807, 2.05) is 55.5 Å². The lowest BCUT2D eigenvalue weighted by Crippen LogP contribution is -2.32. The average molecular weight is 304 g/mol. The second-order valence-corrected chi connectivity index (χ2v) is 5.62. The van der Waals surface area contributed by atoms with Gasteiger partial charge in [-0.25, -0.2) is 0 Å². The summed E-state index contributed by atoms with van der Waals surface area (Å²) in [4.78, 5) is 12.1. The lowest BCUT2D eigenvalue weighted by Gasteiger charge is -2.15. The minimum atomic E-state index is -0.0190. The Balaban J connectivity index is 1.57. The van der Waals surface area contributed by atoms with Crippen LogP contribution >= 0.6 is 0 Å². The van der Waals surface area contributed by atoms with Crippen molar-refractivity contribution in [1.82, 2.24) is 5.32 Å². The van der Waals surface area contributed by atoms with Crippen molar-refractivity contribution in [2.75, 3.05) is 11.9 Å². The third-order valence-electron chi connectivity index (χ3n) is 3.88. The number of hydrogen-bond donors (Lipinski definition) is 2. The van der Waals surface area contributed by atoms with E-state index in [0.717, 1.165) is 16.6 Å². The maximum atomic E-state index is 12.1. The average Bonchev–Trinajstić information content (AvgIpc) is 2.60. The topological polar surface area (TPSA) is 41.1 Å². The summed E-state index contributed by atoms with van der Waals surface area (Å²) in [5, 5.41) is 8.54.